The number of sulfonamides is 1. The molecule has 0 fully saturated rings. The van der Waals surface area contributed by atoms with E-state index >= 15 is 0 Å². The molecule has 8 heteroatoms. The fourth-order valence-electron chi connectivity index (χ4n) is 3.04. The Labute approximate surface area is 166 Å². The first-order valence-corrected chi connectivity index (χ1v) is 10.3. The van der Waals surface area contributed by atoms with Crippen LogP contribution in [-0.2, 0) is 16.6 Å². The van der Waals surface area contributed by atoms with Crippen molar-refractivity contribution in [2.24, 2.45) is 0 Å². The van der Waals surface area contributed by atoms with E-state index in [2.05, 4.69) is 9.97 Å². The van der Waals surface area contributed by atoms with Gasteiger partial charge < -0.3 is 9.97 Å². The number of rotatable bonds is 5. The first-order chi connectivity index (χ1) is 13.9. The van der Waals surface area contributed by atoms with Crippen LogP contribution in [0.2, 0.25) is 0 Å². The van der Waals surface area contributed by atoms with Crippen LogP contribution in [0.25, 0.3) is 11.0 Å². The number of anilines is 1. The molecule has 0 radical (unpaired) electrons. The Balaban J connectivity index is 1.84. The predicted molar refractivity (Wildman–Crippen MR) is 111 cm³/mol. The van der Waals surface area contributed by atoms with Crippen molar-refractivity contribution in [3.05, 3.63) is 105 Å². The van der Waals surface area contributed by atoms with Crippen molar-refractivity contribution in [3.63, 3.8) is 0 Å². The van der Waals surface area contributed by atoms with Crippen molar-refractivity contribution in [2.75, 3.05) is 4.31 Å². The number of hydrogen-bond donors (Lipinski definition) is 2. The first kappa shape index (κ1) is 18.7. The maximum absolute atomic E-state index is 13.5. The molecule has 0 saturated heterocycles. The molecule has 4 aromatic rings. The largest absolute Gasteiger partial charge is 0.316 e. The Hall–Kier alpha value is -3.65. The molecular formula is C21H17N3O4S. The summed E-state index contributed by atoms with van der Waals surface area (Å²) in [7, 11) is -3.95. The van der Waals surface area contributed by atoms with E-state index in [4.69, 9.17) is 0 Å². The Kier molecular flexibility index (Phi) is 4.77. The van der Waals surface area contributed by atoms with Gasteiger partial charge in [0.1, 0.15) is 0 Å². The number of benzene rings is 3. The van der Waals surface area contributed by atoms with E-state index in [0.29, 0.717) is 11.2 Å². The molecule has 0 amide bonds. The molecule has 7 nitrogen and oxygen atoms in total. The van der Waals surface area contributed by atoms with Crippen molar-refractivity contribution in [1.29, 1.82) is 0 Å². The zero-order valence-electron chi connectivity index (χ0n) is 15.2. The van der Waals surface area contributed by atoms with Crippen LogP contribution in [0, 0.1) is 0 Å². The van der Waals surface area contributed by atoms with Crippen LogP contribution in [0.4, 0.5) is 5.69 Å². The van der Waals surface area contributed by atoms with E-state index in [1.807, 2.05) is 36.4 Å². The second-order valence-electron chi connectivity index (χ2n) is 6.45. The van der Waals surface area contributed by atoms with Gasteiger partial charge >= 0.3 is 11.1 Å². The molecule has 0 saturated carbocycles. The van der Waals surface area contributed by atoms with E-state index in [-0.39, 0.29) is 17.0 Å². The third kappa shape index (κ3) is 3.70. The highest BCUT2D eigenvalue weighted by atomic mass is 32.2. The van der Waals surface area contributed by atoms with Crippen molar-refractivity contribution in [3.8, 4) is 0 Å². The van der Waals surface area contributed by atoms with Gasteiger partial charge in [0, 0.05) is 0 Å². The van der Waals surface area contributed by atoms with Gasteiger partial charge in [0.15, 0.2) is 0 Å². The fraction of sp³-hybridized carbons (Fsp3) is 0.0476. The molecule has 0 aliphatic carbocycles. The van der Waals surface area contributed by atoms with Gasteiger partial charge in [-0.25, -0.2) is 8.42 Å². The van der Waals surface area contributed by atoms with Crippen LogP contribution in [0.1, 0.15) is 5.56 Å². The summed E-state index contributed by atoms with van der Waals surface area (Å²) in [6, 6.07) is 22.3. The summed E-state index contributed by atoms with van der Waals surface area (Å²) in [6.07, 6.45) is 0. The van der Waals surface area contributed by atoms with Crippen LogP contribution in [-0.4, -0.2) is 18.4 Å². The van der Waals surface area contributed by atoms with Crippen molar-refractivity contribution < 1.29 is 8.42 Å². The lowest BCUT2D eigenvalue weighted by Crippen LogP contribution is -2.31. The predicted octanol–water partition coefficient (Wildman–Crippen LogP) is 2.61. The minimum absolute atomic E-state index is 0.00693. The summed E-state index contributed by atoms with van der Waals surface area (Å²) in [6.45, 7) is 0.146. The minimum Gasteiger partial charge on any atom is -0.316 e. The topological polar surface area (TPSA) is 103 Å². The molecule has 0 aliphatic heterocycles. The number of fused-ring (bicyclic) bond motifs is 1. The molecule has 4 rings (SSSR count). The SMILES string of the molecule is O=c1[nH]c2ccc(S(=O)(=O)N(Cc3ccccc3)c3ccccc3)cc2[nH]c1=O. The van der Waals surface area contributed by atoms with E-state index in [9.17, 15) is 18.0 Å². The van der Waals surface area contributed by atoms with Crippen LogP contribution < -0.4 is 15.4 Å². The second-order valence-corrected chi connectivity index (χ2v) is 8.31. The molecule has 1 aromatic heterocycles. The number of nitrogens with zero attached hydrogens (tertiary/aromatic N) is 1. The van der Waals surface area contributed by atoms with Gasteiger partial charge in [0.05, 0.1) is 28.2 Å². The average molecular weight is 407 g/mol. The van der Waals surface area contributed by atoms with E-state index in [0.717, 1.165) is 5.56 Å². The van der Waals surface area contributed by atoms with Gasteiger partial charge in [-0.15, -0.1) is 0 Å². The molecule has 0 spiro atoms. The fourth-order valence-corrected chi connectivity index (χ4v) is 4.52. The van der Waals surface area contributed by atoms with Gasteiger partial charge in [0.25, 0.3) is 10.0 Å². The average Bonchev–Trinajstić information content (AvgIpc) is 2.74. The lowest BCUT2D eigenvalue weighted by molar-refractivity contribution is 0.590. The van der Waals surface area contributed by atoms with Gasteiger partial charge in [-0.05, 0) is 35.9 Å². The minimum atomic E-state index is -3.95. The van der Waals surface area contributed by atoms with Gasteiger partial charge in [-0.3, -0.25) is 13.9 Å². The van der Waals surface area contributed by atoms with Crippen molar-refractivity contribution >= 4 is 26.7 Å². The summed E-state index contributed by atoms with van der Waals surface area (Å²) in [5, 5.41) is 0. The number of H-pyrrole nitrogens is 2. The van der Waals surface area contributed by atoms with Crippen LogP contribution in [0.5, 0.6) is 0 Å². The number of para-hydroxylation sites is 1. The second kappa shape index (κ2) is 7.40. The third-order valence-corrected chi connectivity index (χ3v) is 6.26. The zero-order chi connectivity index (χ0) is 20.4. The van der Waals surface area contributed by atoms with Gasteiger partial charge in [0.2, 0.25) is 0 Å². The molecule has 2 N–H and O–H groups in total. The summed E-state index contributed by atoms with van der Waals surface area (Å²) in [5.41, 5.74) is 0.315. The maximum atomic E-state index is 13.5. The number of hydrogen-bond acceptors (Lipinski definition) is 4. The maximum Gasteiger partial charge on any atom is 0.314 e. The molecule has 0 atom stereocenters. The van der Waals surface area contributed by atoms with E-state index < -0.39 is 21.1 Å². The molecule has 0 bridgehead atoms. The van der Waals surface area contributed by atoms with Gasteiger partial charge in [-0.1, -0.05) is 48.5 Å². The van der Waals surface area contributed by atoms with E-state index in [1.165, 1.54) is 22.5 Å². The highest BCUT2D eigenvalue weighted by Gasteiger charge is 2.25. The third-order valence-electron chi connectivity index (χ3n) is 4.49. The Morgan fingerprint density at radius 1 is 0.724 bits per heavy atom. The van der Waals surface area contributed by atoms with Crippen LogP contribution in [0.3, 0.4) is 0 Å². The van der Waals surface area contributed by atoms with Crippen molar-refractivity contribution in [1.82, 2.24) is 9.97 Å². The Bertz CT molecular complexity index is 1380. The first-order valence-electron chi connectivity index (χ1n) is 8.83. The molecule has 3 aromatic carbocycles. The molecule has 29 heavy (non-hydrogen) atoms. The quantitative estimate of drug-likeness (QED) is 0.496. The molecular weight excluding hydrogens is 390 g/mol. The summed E-state index contributed by atoms with van der Waals surface area (Å²) >= 11 is 0. The molecule has 0 aliphatic rings. The summed E-state index contributed by atoms with van der Waals surface area (Å²) in [4.78, 5) is 28.0. The van der Waals surface area contributed by atoms with Crippen molar-refractivity contribution in [2.45, 2.75) is 11.4 Å². The molecule has 1 heterocycles. The van der Waals surface area contributed by atoms with Crippen LogP contribution >= 0.6 is 0 Å². The molecule has 146 valence electrons. The lowest BCUT2D eigenvalue weighted by Gasteiger charge is -2.25. The normalized spacial score (nSPS) is 11.4. The smallest absolute Gasteiger partial charge is 0.314 e. The molecule has 0 unspecified atom stereocenters. The summed E-state index contributed by atoms with van der Waals surface area (Å²) in [5.74, 6) is 0. The Morgan fingerprint density at radius 2 is 1.31 bits per heavy atom. The highest BCUT2D eigenvalue weighted by molar-refractivity contribution is 7.92. The number of aromatic nitrogens is 2. The monoisotopic (exact) mass is 407 g/mol. The number of aromatic amines is 2. The zero-order valence-corrected chi connectivity index (χ0v) is 16.0. The Morgan fingerprint density at radius 3 is 1.97 bits per heavy atom. The summed E-state index contributed by atoms with van der Waals surface area (Å²) < 4.78 is 28.3. The highest BCUT2D eigenvalue weighted by Crippen LogP contribution is 2.26. The lowest BCUT2D eigenvalue weighted by atomic mass is 10.2. The number of nitrogens with one attached hydrogen (secondary N) is 2. The van der Waals surface area contributed by atoms with E-state index in [1.54, 1.807) is 24.3 Å². The standard InChI is InChI=1S/C21H17N3O4S/c25-20-21(26)23-19-13-17(11-12-18(19)22-20)29(27,28)24(16-9-5-2-6-10-16)14-15-7-3-1-4-8-15/h1-13H,14H2,(H,22,25)(H,23,26). The van der Waals surface area contributed by atoms with Gasteiger partial charge in [-0.2, -0.15) is 0 Å². The van der Waals surface area contributed by atoms with Crippen LogP contribution in [0.15, 0.2) is 93.3 Å².